The van der Waals surface area contributed by atoms with Gasteiger partial charge in [-0.05, 0) is 30.3 Å². The van der Waals surface area contributed by atoms with Gasteiger partial charge in [-0.2, -0.15) is 0 Å². The second-order valence-corrected chi connectivity index (χ2v) is 4.42. The van der Waals surface area contributed by atoms with Crippen LogP contribution in [0.5, 0.6) is 0 Å². The first kappa shape index (κ1) is 12.7. The summed E-state index contributed by atoms with van der Waals surface area (Å²) in [6.45, 7) is 0. The van der Waals surface area contributed by atoms with Crippen molar-refractivity contribution in [3.05, 3.63) is 52.9 Å². The number of nitrogens with two attached hydrogens (primary N) is 1. The largest absolute Gasteiger partial charge is 0.389 e. The molecule has 0 fully saturated rings. The lowest BCUT2D eigenvalue weighted by Crippen LogP contribution is -2.12. The summed E-state index contributed by atoms with van der Waals surface area (Å²) in [6.07, 6.45) is 1.59. The number of rotatable bonds is 3. The number of pyridine rings is 1. The molecule has 1 heterocycles. The molecule has 0 unspecified atom stereocenters. The van der Waals surface area contributed by atoms with Crippen molar-refractivity contribution in [2.75, 3.05) is 5.32 Å². The fourth-order valence-corrected chi connectivity index (χ4v) is 1.85. The SMILES string of the molecule is NC(=S)c1cccnc1Nc1cc(F)cc(Cl)c1. The molecule has 2 rings (SSSR count). The van der Waals surface area contributed by atoms with E-state index in [4.69, 9.17) is 29.6 Å². The normalized spacial score (nSPS) is 10.1. The predicted octanol–water partition coefficient (Wildman–Crippen LogP) is 3.25. The van der Waals surface area contributed by atoms with Crippen molar-refractivity contribution >= 4 is 40.3 Å². The van der Waals surface area contributed by atoms with Gasteiger partial charge in [0.05, 0.1) is 5.56 Å². The summed E-state index contributed by atoms with van der Waals surface area (Å²) < 4.78 is 13.2. The summed E-state index contributed by atoms with van der Waals surface area (Å²) in [5, 5.41) is 3.23. The van der Waals surface area contributed by atoms with E-state index in [2.05, 4.69) is 10.3 Å². The van der Waals surface area contributed by atoms with Crippen LogP contribution >= 0.6 is 23.8 Å². The number of hydrogen-bond donors (Lipinski definition) is 2. The first-order valence-corrected chi connectivity index (χ1v) is 5.83. The molecule has 0 bridgehead atoms. The zero-order valence-corrected chi connectivity index (χ0v) is 10.7. The number of hydrogen-bond acceptors (Lipinski definition) is 3. The summed E-state index contributed by atoms with van der Waals surface area (Å²) in [5.41, 5.74) is 6.65. The number of aromatic nitrogens is 1. The van der Waals surface area contributed by atoms with Gasteiger partial charge in [0.2, 0.25) is 0 Å². The fourth-order valence-electron chi connectivity index (χ4n) is 1.47. The Hall–Kier alpha value is -1.72. The Labute approximate surface area is 114 Å². The minimum atomic E-state index is -0.433. The standard InChI is InChI=1S/C12H9ClFN3S/c13-7-4-8(14)6-9(5-7)17-12-10(11(15)18)2-1-3-16-12/h1-6H,(H2,15,18)(H,16,17). The van der Waals surface area contributed by atoms with E-state index in [1.807, 2.05) is 0 Å². The van der Waals surface area contributed by atoms with Gasteiger partial charge in [0.25, 0.3) is 0 Å². The van der Waals surface area contributed by atoms with E-state index in [0.717, 1.165) is 0 Å². The number of nitrogens with one attached hydrogen (secondary N) is 1. The Morgan fingerprint density at radius 2 is 2.17 bits per heavy atom. The lowest BCUT2D eigenvalue weighted by molar-refractivity contribution is 0.628. The van der Waals surface area contributed by atoms with Crippen molar-refractivity contribution in [1.29, 1.82) is 0 Å². The summed E-state index contributed by atoms with van der Waals surface area (Å²) in [7, 11) is 0. The molecule has 0 atom stereocenters. The number of anilines is 2. The van der Waals surface area contributed by atoms with Crippen molar-refractivity contribution in [1.82, 2.24) is 4.98 Å². The molecule has 0 aliphatic heterocycles. The Morgan fingerprint density at radius 1 is 1.39 bits per heavy atom. The molecule has 0 saturated carbocycles. The van der Waals surface area contributed by atoms with Crippen LogP contribution in [0.15, 0.2) is 36.5 Å². The van der Waals surface area contributed by atoms with Crippen molar-refractivity contribution in [2.24, 2.45) is 5.73 Å². The maximum absolute atomic E-state index is 13.2. The lowest BCUT2D eigenvalue weighted by atomic mass is 10.2. The second kappa shape index (κ2) is 5.29. The summed E-state index contributed by atoms with van der Waals surface area (Å²) in [5.74, 6) is 0.0319. The smallest absolute Gasteiger partial charge is 0.140 e. The van der Waals surface area contributed by atoms with Gasteiger partial charge >= 0.3 is 0 Å². The maximum Gasteiger partial charge on any atom is 0.140 e. The topological polar surface area (TPSA) is 50.9 Å². The third-order valence-electron chi connectivity index (χ3n) is 2.20. The summed E-state index contributed by atoms with van der Waals surface area (Å²) in [6, 6.07) is 7.57. The van der Waals surface area contributed by atoms with Crippen LogP contribution in [0.3, 0.4) is 0 Å². The molecule has 92 valence electrons. The lowest BCUT2D eigenvalue weighted by Gasteiger charge is -2.10. The van der Waals surface area contributed by atoms with E-state index in [-0.39, 0.29) is 4.99 Å². The quantitative estimate of drug-likeness (QED) is 0.848. The highest BCUT2D eigenvalue weighted by Gasteiger charge is 2.07. The van der Waals surface area contributed by atoms with Gasteiger partial charge in [-0.25, -0.2) is 9.37 Å². The summed E-state index contributed by atoms with van der Waals surface area (Å²) >= 11 is 10.7. The van der Waals surface area contributed by atoms with Gasteiger partial charge in [0.15, 0.2) is 0 Å². The third-order valence-corrected chi connectivity index (χ3v) is 2.64. The van der Waals surface area contributed by atoms with Crippen molar-refractivity contribution in [3.8, 4) is 0 Å². The Morgan fingerprint density at radius 3 is 2.83 bits per heavy atom. The Balaban J connectivity index is 2.37. The molecule has 0 spiro atoms. The average Bonchev–Trinajstić information content (AvgIpc) is 2.27. The van der Waals surface area contributed by atoms with E-state index in [9.17, 15) is 4.39 Å². The molecule has 18 heavy (non-hydrogen) atoms. The molecule has 2 aromatic rings. The van der Waals surface area contributed by atoms with Crippen LogP contribution in [-0.4, -0.2) is 9.97 Å². The first-order chi connectivity index (χ1) is 8.56. The molecular formula is C12H9ClFN3S. The molecule has 6 heteroatoms. The van der Waals surface area contributed by atoms with Crippen LogP contribution < -0.4 is 11.1 Å². The van der Waals surface area contributed by atoms with Crippen molar-refractivity contribution in [2.45, 2.75) is 0 Å². The van der Waals surface area contributed by atoms with Gasteiger partial charge in [0.1, 0.15) is 16.6 Å². The van der Waals surface area contributed by atoms with Crippen LogP contribution in [0.2, 0.25) is 5.02 Å². The van der Waals surface area contributed by atoms with E-state index in [1.165, 1.54) is 12.1 Å². The molecule has 1 aromatic carbocycles. The molecule has 0 radical (unpaired) electrons. The highest BCUT2D eigenvalue weighted by molar-refractivity contribution is 7.80. The van der Waals surface area contributed by atoms with E-state index >= 15 is 0 Å². The molecule has 3 N–H and O–H groups in total. The summed E-state index contributed by atoms with van der Waals surface area (Å²) in [4.78, 5) is 4.33. The molecule has 0 aliphatic rings. The minimum absolute atomic E-state index is 0.216. The second-order valence-electron chi connectivity index (χ2n) is 3.55. The molecule has 0 aliphatic carbocycles. The zero-order valence-electron chi connectivity index (χ0n) is 9.15. The number of nitrogens with zero attached hydrogens (tertiary/aromatic N) is 1. The third kappa shape index (κ3) is 2.94. The Bertz CT molecular complexity index is 583. The van der Waals surface area contributed by atoms with Crippen LogP contribution in [0.25, 0.3) is 0 Å². The van der Waals surface area contributed by atoms with Gasteiger partial charge < -0.3 is 11.1 Å². The number of thiocarbonyl (C=S) groups is 1. The van der Waals surface area contributed by atoms with Crippen LogP contribution in [-0.2, 0) is 0 Å². The number of halogens is 2. The molecule has 0 saturated heterocycles. The molecule has 3 nitrogen and oxygen atoms in total. The fraction of sp³-hybridized carbons (Fsp3) is 0. The minimum Gasteiger partial charge on any atom is -0.389 e. The first-order valence-electron chi connectivity index (χ1n) is 5.04. The monoisotopic (exact) mass is 281 g/mol. The van der Waals surface area contributed by atoms with Crippen molar-refractivity contribution in [3.63, 3.8) is 0 Å². The van der Waals surface area contributed by atoms with Crippen LogP contribution in [0, 0.1) is 5.82 Å². The zero-order chi connectivity index (χ0) is 13.1. The molecular weight excluding hydrogens is 273 g/mol. The highest BCUT2D eigenvalue weighted by atomic mass is 35.5. The van der Waals surface area contributed by atoms with E-state index < -0.39 is 5.82 Å². The van der Waals surface area contributed by atoms with Crippen LogP contribution in [0.4, 0.5) is 15.9 Å². The average molecular weight is 282 g/mol. The molecule has 0 amide bonds. The number of benzene rings is 1. The van der Waals surface area contributed by atoms with Gasteiger partial charge in [-0.3, -0.25) is 0 Å². The van der Waals surface area contributed by atoms with Crippen LogP contribution in [0.1, 0.15) is 5.56 Å². The maximum atomic E-state index is 13.2. The van der Waals surface area contributed by atoms with Gasteiger partial charge in [-0.15, -0.1) is 0 Å². The van der Waals surface area contributed by atoms with Gasteiger partial charge in [0, 0.05) is 16.9 Å². The van der Waals surface area contributed by atoms with E-state index in [0.29, 0.717) is 22.1 Å². The highest BCUT2D eigenvalue weighted by Crippen LogP contribution is 2.22. The van der Waals surface area contributed by atoms with Gasteiger partial charge in [-0.1, -0.05) is 23.8 Å². The Kier molecular flexibility index (Phi) is 3.74. The molecule has 1 aromatic heterocycles. The van der Waals surface area contributed by atoms with Crippen molar-refractivity contribution < 1.29 is 4.39 Å². The van der Waals surface area contributed by atoms with E-state index in [1.54, 1.807) is 24.4 Å². The predicted molar refractivity (Wildman–Crippen MR) is 74.8 cm³/mol.